The minimum absolute atomic E-state index is 0.0962. The van der Waals surface area contributed by atoms with Gasteiger partial charge < -0.3 is 10.2 Å². The van der Waals surface area contributed by atoms with Gasteiger partial charge in [0.25, 0.3) is 0 Å². The molecule has 1 fully saturated rings. The van der Waals surface area contributed by atoms with Crippen molar-refractivity contribution in [2.75, 3.05) is 6.54 Å². The third-order valence-electron chi connectivity index (χ3n) is 2.37. The van der Waals surface area contributed by atoms with Crippen LogP contribution in [0.15, 0.2) is 12.2 Å². The molecular weight excluding hydrogens is 154 g/mol. The van der Waals surface area contributed by atoms with Crippen molar-refractivity contribution in [3.63, 3.8) is 0 Å². The summed E-state index contributed by atoms with van der Waals surface area (Å²) < 4.78 is 0. The Morgan fingerprint density at radius 3 is 3.33 bits per heavy atom. The summed E-state index contributed by atoms with van der Waals surface area (Å²) in [5.74, 6) is 0. The van der Waals surface area contributed by atoms with Crippen LogP contribution >= 0.6 is 0 Å². The molecule has 2 atom stereocenters. The predicted octanol–water partition coefficient (Wildman–Crippen LogP) is 0.232. The van der Waals surface area contributed by atoms with Crippen molar-refractivity contribution < 1.29 is 4.79 Å². The molecule has 4 heteroatoms. The van der Waals surface area contributed by atoms with E-state index in [1.165, 1.54) is 0 Å². The van der Waals surface area contributed by atoms with E-state index in [0.717, 1.165) is 0 Å². The first-order valence-corrected chi connectivity index (χ1v) is 3.84. The second kappa shape index (κ2) is 2.01. The van der Waals surface area contributed by atoms with Gasteiger partial charge in [0.1, 0.15) is 5.54 Å². The van der Waals surface area contributed by atoms with E-state index in [9.17, 15) is 4.79 Å². The molecule has 12 heavy (non-hydrogen) atoms. The van der Waals surface area contributed by atoms with Crippen molar-refractivity contribution in [2.45, 2.75) is 18.5 Å². The molecule has 0 aliphatic carbocycles. The molecule has 2 amide bonds. The summed E-state index contributed by atoms with van der Waals surface area (Å²) >= 11 is 0. The molecule has 4 nitrogen and oxygen atoms in total. The largest absolute Gasteiger partial charge is 0.330 e. The van der Waals surface area contributed by atoms with Gasteiger partial charge in [-0.05, 0) is 13.0 Å². The summed E-state index contributed by atoms with van der Waals surface area (Å²) in [6.45, 7) is 2.35. The van der Waals surface area contributed by atoms with E-state index >= 15 is 0 Å². The normalized spacial score (nSPS) is 37.8. The van der Waals surface area contributed by atoms with Crippen LogP contribution in [0.4, 0.5) is 4.79 Å². The molecule has 0 radical (unpaired) electrons. The van der Waals surface area contributed by atoms with E-state index in [1.54, 1.807) is 17.9 Å². The lowest BCUT2D eigenvalue weighted by atomic mass is 9.97. The molecule has 0 spiro atoms. The van der Waals surface area contributed by atoms with Crippen molar-refractivity contribution >= 4 is 6.03 Å². The lowest BCUT2D eigenvalue weighted by Crippen LogP contribution is -2.46. The van der Waals surface area contributed by atoms with Crippen LogP contribution in [0.1, 0.15) is 6.92 Å². The Bertz CT molecular complexity index is 304. The highest BCUT2D eigenvalue weighted by molar-refractivity contribution is 5.80. The number of carbonyl (C=O) groups excluding carboxylic acids is 1. The monoisotopic (exact) mass is 163 g/mol. The zero-order chi connectivity index (χ0) is 8.77. The van der Waals surface area contributed by atoms with E-state index in [2.05, 4.69) is 11.4 Å². The third kappa shape index (κ3) is 0.735. The lowest BCUT2D eigenvalue weighted by molar-refractivity contribution is 0.194. The topological polar surface area (TPSA) is 56.1 Å². The zero-order valence-electron chi connectivity index (χ0n) is 6.74. The Morgan fingerprint density at radius 1 is 1.92 bits per heavy atom. The fraction of sp³-hybridized carbons (Fsp3) is 0.500. The van der Waals surface area contributed by atoms with Crippen LogP contribution in [0.2, 0.25) is 0 Å². The molecular formula is C8H9N3O. The van der Waals surface area contributed by atoms with Gasteiger partial charge in [0.15, 0.2) is 0 Å². The van der Waals surface area contributed by atoms with Gasteiger partial charge in [-0.15, -0.1) is 0 Å². The van der Waals surface area contributed by atoms with Crippen LogP contribution in [-0.4, -0.2) is 29.1 Å². The van der Waals surface area contributed by atoms with Crippen molar-refractivity contribution in [3.05, 3.63) is 12.2 Å². The first-order valence-electron chi connectivity index (χ1n) is 3.84. The van der Waals surface area contributed by atoms with Gasteiger partial charge in [-0.25, -0.2) is 4.79 Å². The average molecular weight is 163 g/mol. The lowest BCUT2D eigenvalue weighted by Gasteiger charge is -2.30. The first-order chi connectivity index (χ1) is 5.65. The van der Waals surface area contributed by atoms with Crippen molar-refractivity contribution in [1.82, 2.24) is 10.2 Å². The number of carbonyl (C=O) groups is 1. The average Bonchev–Trinajstić information content (AvgIpc) is 2.39. The number of nitrogens with zero attached hydrogens (tertiary/aromatic N) is 2. The van der Waals surface area contributed by atoms with Gasteiger partial charge >= 0.3 is 6.03 Å². The maximum atomic E-state index is 11.3. The van der Waals surface area contributed by atoms with Crippen LogP contribution < -0.4 is 5.32 Å². The Hall–Kier alpha value is -1.50. The van der Waals surface area contributed by atoms with Gasteiger partial charge in [0.2, 0.25) is 0 Å². The number of fused-ring (bicyclic) bond motifs is 2. The van der Waals surface area contributed by atoms with Crippen LogP contribution in [0, 0.1) is 11.3 Å². The van der Waals surface area contributed by atoms with Crippen LogP contribution in [-0.2, 0) is 0 Å². The molecule has 0 saturated carbocycles. The standard InChI is InChI=1S/C8H9N3O/c1-8(5-9)3-2-6-4-11(8)7(12)10-6/h2-3,6H,4H2,1H3,(H,10,12). The summed E-state index contributed by atoms with van der Waals surface area (Å²) in [4.78, 5) is 12.8. The van der Waals surface area contributed by atoms with Gasteiger partial charge in [0.05, 0.1) is 12.1 Å². The predicted molar refractivity (Wildman–Crippen MR) is 42.2 cm³/mol. The van der Waals surface area contributed by atoms with Gasteiger partial charge in [-0.3, -0.25) is 0 Å². The Morgan fingerprint density at radius 2 is 2.67 bits per heavy atom. The Labute approximate surface area is 70.5 Å². The molecule has 2 aliphatic rings. The van der Waals surface area contributed by atoms with Crippen LogP contribution in [0.25, 0.3) is 0 Å². The number of amides is 2. The van der Waals surface area contributed by atoms with E-state index in [4.69, 9.17) is 5.26 Å². The molecule has 0 aromatic carbocycles. The molecule has 2 bridgehead atoms. The van der Waals surface area contributed by atoms with E-state index in [1.807, 2.05) is 6.08 Å². The number of hydrogen-bond acceptors (Lipinski definition) is 2. The SMILES string of the molecule is CC1(C#N)C=CC2CN1C(=O)N2. The minimum Gasteiger partial charge on any atom is -0.330 e. The molecule has 2 unspecified atom stereocenters. The number of hydrogen-bond donors (Lipinski definition) is 1. The summed E-state index contributed by atoms with van der Waals surface area (Å²) in [5.41, 5.74) is -0.753. The smallest absolute Gasteiger partial charge is 0.319 e. The molecule has 2 aliphatic heterocycles. The molecule has 1 N–H and O–H groups in total. The fourth-order valence-electron chi connectivity index (χ4n) is 1.56. The molecule has 1 saturated heterocycles. The molecule has 2 rings (SSSR count). The summed E-state index contributed by atoms with van der Waals surface area (Å²) in [6.07, 6.45) is 3.66. The van der Waals surface area contributed by atoms with E-state index in [0.29, 0.717) is 6.54 Å². The maximum Gasteiger partial charge on any atom is 0.319 e. The van der Waals surface area contributed by atoms with Gasteiger partial charge in [-0.2, -0.15) is 5.26 Å². The van der Waals surface area contributed by atoms with Crippen molar-refractivity contribution in [3.8, 4) is 6.07 Å². The highest BCUT2D eigenvalue weighted by Crippen LogP contribution is 2.25. The quantitative estimate of drug-likeness (QED) is 0.520. The Balaban J connectivity index is 2.42. The van der Waals surface area contributed by atoms with Crippen LogP contribution in [0.5, 0.6) is 0 Å². The maximum absolute atomic E-state index is 11.3. The number of rotatable bonds is 0. The second-order valence-corrected chi connectivity index (χ2v) is 3.29. The highest BCUT2D eigenvalue weighted by atomic mass is 16.2. The van der Waals surface area contributed by atoms with Gasteiger partial charge in [-0.1, -0.05) is 6.08 Å². The summed E-state index contributed by atoms with van der Waals surface area (Å²) in [6, 6.07) is 2.07. The molecule has 62 valence electrons. The first kappa shape index (κ1) is 7.17. The summed E-state index contributed by atoms with van der Waals surface area (Å²) in [5, 5.41) is 11.6. The van der Waals surface area contributed by atoms with E-state index in [-0.39, 0.29) is 12.1 Å². The summed E-state index contributed by atoms with van der Waals surface area (Å²) in [7, 11) is 0. The highest BCUT2D eigenvalue weighted by Gasteiger charge is 2.42. The number of nitrogens with one attached hydrogen (secondary N) is 1. The molecule has 0 aromatic rings. The minimum atomic E-state index is -0.753. The van der Waals surface area contributed by atoms with Crippen molar-refractivity contribution in [1.29, 1.82) is 5.26 Å². The molecule has 2 heterocycles. The number of urea groups is 1. The van der Waals surface area contributed by atoms with E-state index < -0.39 is 5.54 Å². The van der Waals surface area contributed by atoms with Crippen LogP contribution in [0.3, 0.4) is 0 Å². The van der Waals surface area contributed by atoms with Gasteiger partial charge in [0, 0.05) is 6.54 Å². The Kier molecular flexibility index (Phi) is 1.20. The third-order valence-corrected chi connectivity index (χ3v) is 2.37. The van der Waals surface area contributed by atoms with Crippen molar-refractivity contribution in [2.24, 2.45) is 0 Å². The number of nitriles is 1. The zero-order valence-corrected chi connectivity index (χ0v) is 6.74. The second-order valence-electron chi connectivity index (χ2n) is 3.29. The molecule has 0 aromatic heterocycles. The fourth-order valence-corrected chi connectivity index (χ4v) is 1.56.